The van der Waals surface area contributed by atoms with E-state index in [0.29, 0.717) is 11.3 Å². The van der Waals surface area contributed by atoms with E-state index >= 15 is 0 Å². The summed E-state index contributed by atoms with van der Waals surface area (Å²) >= 11 is 0. The number of ether oxygens (including phenoxy) is 1. The van der Waals surface area contributed by atoms with Crippen LogP contribution in [-0.2, 0) is 9.53 Å². The second kappa shape index (κ2) is 6.92. The summed E-state index contributed by atoms with van der Waals surface area (Å²) in [6.45, 7) is 1.54. The van der Waals surface area contributed by atoms with Gasteiger partial charge in [0.1, 0.15) is 5.65 Å². The highest BCUT2D eigenvalue weighted by molar-refractivity contribution is 6.04. The number of esters is 1. The summed E-state index contributed by atoms with van der Waals surface area (Å²) in [5.41, 5.74) is 1.47. The number of benzene rings is 2. The minimum Gasteiger partial charge on any atom is -0.448 e. The molecule has 1 amide bonds. The van der Waals surface area contributed by atoms with E-state index < -0.39 is 18.0 Å². The Morgan fingerprint density at radius 1 is 1.04 bits per heavy atom. The number of carbonyl (C=O) groups excluding carboxylic acids is 2. The lowest BCUT2D eigenvalue weighted by Gasteiger charge is -2.14. The van der Waals surface area contributed by atoms with E-state index in [-0.39, 0.29) is 5.69 Å². The van der Waals surface area contributed by atoms with Gasteiger partial charge in [-0.1, -0.05) is 42.5 Å². The van der Waals surface area contributed by atoms with E-state index in [2.05, 4.69) is 10.3 Å². The molecule has 27 heavy (non-hydrogen) atoms. The first kappa shape index (κ1) is 16.8. The maximum absolute atomic E-state index is 12.5. The summed E-state index contributed by atoms with van der Waals surface area (Å²) in [6, 6.07) is 18.9. The van der Waals surface area contributed by atoms with Crippen molar-refractivity contribution in [3.05, 3.63) is 78.8 Å². The van der Waals surface area contributed by atoms with Gasteiger partial charge in [0.25, 0.3) is 5.91 Å². The second-order valence-electron chi connectivity index (χ2n) is 6.16. The van der Waals surface area contributed by atoms with Gasteiger partial charge in [-0.25, -0.2) is 9.78 Å². The van der Waals surface area contributed by atoms with E-state index in [9.17, 15) is 9.59 Å². The highest BCUT2D eigenvalue weighted by Crippen LogP contribution is 2.23. The first-order chi connectivity index (χ1) is 13.1. The van der Waals surface area contributed by atoms with Crippen molar-refractivity contribution in [2.45, 2.75) is 13.0 Å². The molecule has 0 saturated heterocycles. The zero-order valence-electron chi connectivity index (χ0n) is 14.6. The molecule has 0 unspecified atom stereocenters. The molecule has 2 aromatic heterocycles. The molecule has 0 fully saturated rings. The molecule has 0 aliphatic rings. The Balaban J connectivity index is 1.48. The molecule has 2 aromatic carbocycles. The Hall–Kier alpha value is -3.67. The minimum atomic E-state index is -0.957. The van der Waals surface area contributed by atoms with Crippen molar-refractivity contribution >= 4 is 34.0 Å². The summed E-state index contributed by atoms with van der Waals surface area (Å²) in [5.74, 6) is -1.04. The summed E-state index contributed by atoms with van der Waals surface area (Å²) in [5, 5.41) is 4.77. The average Bonchev–Trinajstić information content (AvgIpc) is 3.12. The zero-order chi connectivity index (χ0) is 18.8. The third-order valence-electron chi connectivity index (χ3n) is 4.27. The van der Waals surface area contributed by atoms with Crippen LogP contribution in [0.25, 0.3) is 16.4 Å². The Labute approximate surface area is 155 Å². The number of nitrogens with zero attached hydrogens (tertiary/aromatic N) is 2. The highest BCUT2D eigenvalue weighted by atomic mass is 16.5. The number of imidazole rings is 1. The fourth-order valence-electron chi connectivity index (χ4n) is 2.88. The van der Waals surface area contributed by atoms with Crippen LogP contribution in [0.15, 0.2) is 73.1 Å². The van der Waals surface area contributed by atoms with Gasteiger partial charge in [0.15, 0.2) is 11.8 Å². The summed E-state index contributed by atoms with van der Waals surface area (Å²) < 4.78 is 7.00. The van der Waals surface area contributed by atoms with Crippen LogP contribution >= 0.6 is 0 Å². The first-order valence-corrected chi connectivity index (χ1v) is 8.55. The molecule has 2 heterocycles. The first-order valence-electron chi connectivity index (χ1n) is 8.55. The predicted octanol–water partition coefficient (Wildman–Crippen LogP) is 3.67. The second-order valence-corrected chi connectivity index (χ2v) is 6.16. The zero-order valence-corrected chi connectivity index (χ0v) is 14.6. The molecule has 6 nitrogen and oxygen atoms in total. The standard InChI is InChI=1S/C21H17N3O3/c1-14(27-21(26)18-13-24-12-5-4-11-19(24)22-18)20(25)23-17-10-6-8-15-7-2-3-9-16(15)17/h2-14H,1H3,(H,23,25)/t14-/m0/s1. The summed E-state index contributed by atoms with van der Waals surface area (Å²) in [7, 11) is 0. The largest absolute Gasteiger partial charge is 0.448 e. The molecule has 0 aliphatic carbocycles. The molecule has 134 valence electrons. The normalized spacial score (nSPS) is 12.0. The number of fused-ring (bicyclic) bond motifs is 2. The van der Waals surface area contributed by atoms with Crippen LogP contribution in [0.5, 0.6) is 0 Å². The van der Waals surface area contributed by atoms with Gasteiger partial charge in [-0.2, -0.15) is 0 Å². The predicted molar refractivity (Wildman–Crippen MR) is 103 cm³/mol. The number of pyridine rings is 1. The average molecular weight is 359 g/mol. The minimum absolute atomic E-state index is 0.158. The van der Waals surface area contributed by atoms with Crippen LogP contribution in [0.2, 0.25) is 0 Å². The number of rotatable bonds is 4. The van der Waals surface area contributed by atoms with E-state index in [1.807, 2.05) is 54.6 Å². The van der Waals surface area contributed by atoms with E-state index in [4.69, 9.17) is 4.74 Å². The lowest BCUT2D eigenvalue weighted by molar-refractivity contribution is -0.123. The fourth-order valence-corrected chi connectivity index (χ4v) is 2.88. The van der Waals surface area contributed by atoms with Gasteiger partial charge in [-0.3, -0.25) is 4.79 Å². The van der Waals surface area contributed by atoms with Crippen LogP contribution in [0.3, 0.4) is 0 Å². The van der Waals surface area contributed by atoms with Gasteiger partial charge in [-0.15, -0.1) is 0 Å². The van der Waals surface area contributed by atoms with Gasteiger partial charge in [0, 0.05) is 23.5 Å². The molecule has 6 heteroatoms. The van der Waals surface area contributed by atoms with Crippen molar-refractivity contribution in [2.75, 3.05) is 5.32 Å². The molecular weight excluding hydrogens is 342 g/mol. The van der Waals surface area contributed by atoms with Crippen LogP contribution in [-0.4, -0.2) is 27.4 Å². The van der Waals surface area contributed by atoms with Crippen molar-refractivity contribution in [1.82, 2.24) is 9.38 Å². The maximum atomic E-state index is 12.5. The van der Waals surface area contributed by atoms with Crippen LogP contribution in [0.1, 0.15) is 17.4 Å². The number of nitrogens with one attached hydrogen (secondary N) is 1. The monoisotopic (exact) mass is 359 g/mol. The number of hydrogen-bond donors (Lipinski definition) is 1. The molecule has 1 atom stereocenters. The Bertz CT molecular complexity index is 1110. The lowest BCUT2D eigenvalue weighted by Crippen LogP contribution is -2.30. The van der Waals surface area contributed by atoms with Gasteiger partial charge < -0.3 is 14.5 Å². The SMILES string of the molecule is C[C@H](OC(=O)c1cn2ccccc2n1)C(=O)Nc1cccc2ccccc12. The molecule has 4 rings (SSSR count). The number of hydrogen-bond acceptors (Lipinski definition) is 4. The molecule has 1 N–H and O–H groups in total. The number of amides is 1. The topological polar surface area (TPSA) is 72.7 Å². The lowest BCUT2D eigenvalue weighted by atomic mass is 10.1. The van der Waals surface area contributed by atoms with Crippen LogP contribution in [0.4, 0.5) is 5.69 Å². The molecule has 0 radical (unpaired) electrons. The highest BCUT2D eigenvalue weighted by Gasteiger charge is 2.21. The Morgan fingerprint density at radius 2 is 1.81 bits per heavy atom. The Kier molecular flexibility index (Phi) is 4.30. The van der Waals surface area contributed by atoms with Crippen molar-refractivity contribution in [3.8, 4) is 0 Å². The fraction of sp³-hybridized carbons (Fsp3) is 0.0952. The van der Waals surface area contributed by atoms with Crippen molar-refractivity contribution in [1.29, 1.82) is 0 Å². The number of anilines is 1. The smallest absolute Gasteiger partial charge is 0.359 e. The van der Waals surface area contributed by atoms with E-state index in [1.165, 1.54) is 6.92 Å². The van der Waals surface area contributed by atoms with Gasteiger partial charge in [0.05, 0.1) is 0 Å². The van der Waals surface area contributed by atoms with Crippen LogP contribution in [0, 0.1) is 0 Å². The summed E-state index contributed by atoms with van der Waals surface area (Å²) in [6.07, 6.45) is 2.41. The molecule has 0 saturated carbocycles. The van der Waals surface area contributed by atoms with Crippen molar-refractivity contribution in [3.63, 3.8) is 0 Å². The van der Waals surface area contributed by atoms with Gasteiger partial charge in [-0.05, 0) is 30.5 Å². The summed E-state index contributed by atoms with van der Waals surface area (Å²) in [4.78, 5) is 29.0. The molecule has 4 aromatic rings. The van der Waals surface area contributed by atoms with Gasteiger partial charge in [0.2, 0.25) is 0 Å². The van der Waals surface area contributed by atoms with Gasteiger partial charge >= 0.3 is 5.97 Å². The van der Waals surface area contributed by atoms with Crippen LogP contribution < -0.4 is 5.32 Å². The van der Waals surface area contributed by atoms with E-state index in [1.54, 1.807) is 22.9 Å². The molecule has 0 bridgehead atoms. The van der Waals surface area contributed by atoms with Crippen molar-refractivity contribution in [2.24, 2.45) is 0 Å². The molecular formula is C21H17N3O3. The molecule has 0 aliphatic heterocycles. The number of aromatic nitrogens is 2. The number of carbonyl (C=O) groups is 2. The maximum Gasteiger partial charge on any atom is 0.359 e. The Morgan fingerprint density at radius 3 is 2.67 bits per heavy atom. The van der Waals surface area contributed by atoms with E-state index in [0.717, 1.165) is 10.8 Å². The third kappa shape index (κ3) is 3.37. The van der Waals surface area contributed by atoms with Crippen molar-refractivity contribution < 1.29 is 14.3 Å². The molecule has 0 spiro atoms. The quantitative estimate of drug-likeness (QED) is 0.564. The third-order valence-corrected chi connectivity index (χ3v) is 4.27.